The maximum absolute atomic E-state index is 9.26. The number of nitrogens with zero attached hydrogens (tertiary/aromatic N) is 4. The van der Waals surface area contributed by atoms with Gasteiger partial charge >= 0.3 is 0 Å². The summed E-state index contributed by atoms with van der Waals surface area (Å²) in [5.74, 6) is 1.42. The van der Waals surface area contributed by atoms with Crippen molar-refractivity contribution in [2.45, 2.75) is 0 Å². The van der Waals surface area contributed by atoms with Crippen LogP contribution in [0.4, 0.5) is 0 Å². The molecule has 8 heteroatoms. The van der Waals surface area contributed by atoms with Crippen molar-refractivity contribution in [3.63, 3.8) is 0 Å². The highest BCUT2D eigenvalue weighted by Gasteiger charge is 2.20. The van der Waals surface area contributed by atoms with Gasteiger partial charge in [-0.2, -0.15) is 20.5 Å². The average Bonchev–Trinajstić information content (AvgIpc) is 2.75. The van der Waals surface area contributed by atoms with Gasteiger partial charge in [-0.1, -0.05) is 24.3 Å². The van der Waals surface area contributed by atoms with E-state index in [9.17, 15) is 10.5 Å². The van der Waals surface area contributed by atoms with E-state index in [1.165, 1.54) is 14.2 Å². The van der Waals surface area contributed by atoms with Crippen LogP contribution in [0, 0.1) is 22.7 Å². The summed E-state index contributed by atoms with van der Waals surface area (Å²) in [5.41, 5.74) is -0.362. The Kier molecular flexibility index (Phi) is 5.54. The molecular weight excluding hydrogens is 360 g/mol. The molecule has 3 rings (SSSR count). The maximum Gasteiger partial charge on any atom is 0.285 e. The third kappa shape index (κ3) is 3.76. The van der Waals surface area contributed by atoms with Gasteiger partial charge in [0.25, 0.3) is 11.8 Å². The molecule has 0 atom stereocenters. The predicted molar refractivity (Wildman–Crippen MR) is 97.6 cm³/mol. The van der Waals surface area contributed by atoms with E-state index in [0.29, 0.717) is 23.0 Å². The van der Waals surface area contributed by atoms with Gasteiger partial charge in [-0.25, -0.2) is 0 Å². The Morgan fingerprint density at radius 1 is 0.643 bits per heavy atom. The summed E-state index contributed by atoms with van der Waals surface area (Å²) >= 11 is 0. The van der Waals surface area contributed by atoms with Gasteiger partial charge in [-0.3, -0.25) is 0 Å². The van der Waals surface area contributed by atoms with Crippen molar-refractivity contribution < 1.29 is 18.9 Å². The molecule has 0 N–H and O–H groups in total. The van der Waals surface area contributed by atoms with Gasteiger partial charge in [0.1, 0.15) is 12.1 Å². The van der Waals surface area contributed by atoms with E-state index in [0.717, 1.165) is 0 Å². The van der Waals surface area contributed by atoms with E-state index in [2.05, 4.69) is 9.97 Å². The third-order valence-corrected chi connectivity index (χ3v) is 3.60. The standard InChI is InChI=1S/C20H14N4O4/c1-25-15-7-3-5-9-17(15)27-19-20(24-14(12-22)13(11-21)23-19)28-18-10-6-4-8-16(18)26-2/h3-10H,1-2H3. The van der Waals surface area contributed by atoms with Crippen molar-refractivity contribution in [2.75, 3.05) is 14.2 Å². The minimum atomic E-state index is -0.181. The Bertz CT molecular complexity index is 1000. The van der Waals surface area contributed by atoms with E-state index in [1.807, 2.05) is 12.1 Å². The van der Waals surface area contributed by atoms with Gasteiger partial charge in [-0.05, 0) is 24.3 Å². The lowest BCUT2D eigenvalue weighted by molar-refractivity contribution is 0.344. The number of aromatic nitrogens is 2. The van der Waals surface area contributed by atoms with Crippen molar-refractivity contribution in [1.29, 1.82) is 10.5 Å². The highest BCUT2D eigenvalue weighted by atomic mass is 16.6. The molecule has 0 aliphatic heterocycles. The van der Waals surface area contributed by atoms with Crippen molar-refractivity contribution >= 4 is 0 Å². The molecule has 0 saturated heterocycles. The number of ether oxygens (including phenoxy) is 4. The predicted octanol–water partition coefficient (Wildman–Crippen LogP) is 3.82. The molecule has 0 aliphatic rings. The summed E-state index contributed by atoms with van der Waals surface area (Å²) in [6, 6.07) is 17.5. The van der Waals surface area contributed by atoms with E-state index in [1.54, 1.807) is 48.5 Å². The van der Waals surface area contributed by atoms with Crippen molar-refractivity contribution in [3.8, 4) is 46.9 Å². The van der Waals surface area contributed by atoms with Gasteiger partial charge in [0.15, 0.2) is 34.4 Å². The van der Waals surface area contributed by atoms with E-state index >= 15 is 0 Å². The van der Waals surface area contributed by atoms with Crippen LogP contribution in [-0.2, 0) is 0 Å². The number of rotatable bonds is 6. The second-order valence-corrected chi connectivity index (χ2v) is 5.26. The van der Waals surface area contributed by atoms with E-state index in [4.69, 9.17) is 18.9 Å². The Morgan fingerprint density at radius 3 is 1.32 bits per heavy atom. The molecule has 0 spiro atoms. The van der Waals surface area contributed by atoms with Crippen molar-refractivity contribution in [1.82, 2.24) is 9.97 Å². The Balaban J connectivity index is 2.10. The number of hydrogen-bond acceptors (Lipinski definition) is 8. The molecule has 0 fully saturated rings. The molecule has 0 aliphatic carbocycles. The lowest BCUT2D eigenvalue weighted by Crippen LogP contribution is -2.03. The van der Waals surface area contributed by atoms with Gasteiger partial charge in [0, 0.05) is 0 Å². The first-order chi connectivity index (χ1) is 13.7. The highest BCUT2D eigenvalue weighted by molar-refractivity contribution is 5.49. The fourth-order valence-corrected chi connectivity index (χ4v) is 2.31. The molecule has 0 bridgehead atoms. The fourth-order valence-electron chi connectivity index (χ4n) is 2.31. The smallest absolute Gasteiger partial charge is 0.285 e. The summed E-state index contributed by atoms with van der Waals surface area (Å²) in [7, 11) is 3.00. The number of benzene rings is 2. The lowest BCUT2D eigenvalue weighted by atomic mass is 10.3. The minimum Gasteiger partial charge on any atom is -0.493 e. The van der Waals surface area contributed by atoms with Crippen LogP contribution in [0.15, 0.2) is 48.5 Å². The van der Waals surface area contributed by atoms with Gasteiger partial charge in [0.05, 0.1) is 14.2 Å². The molecule has 0 saturated carbocycles. The third-order valence-electron chi connectivity index (χ3n) is 3.60. The molecule has 138 valence electrons. The molecular formula is C20H14N4O4. The first-order valence-corrected chi connectivity index (χ1v) is 8.04. The highest BCUT2D eigenvalue weighted by Crippen LogP contribution is 2.38. The van der Waals surface area contributed by atoms with Crippen LogP contribution < -0.4 is 18.9 Å². The molecule has 0 amide bonds. The van der Waals surface area contributed by atoms with Crippen LogP contribution >= 0.6 is 0 Å². The molecule has 8 nitrogen and oxygen atoms in total. The Hall–Kier alpha value is -4.30. The van der Waals surface area contributed by atoms with Crippen LogP contribution in [0.1, 0.15) is 11.4 Å². The van der Waals surface area contributed by atoms with E-state index < -0.39 is 0 Å². The molecule has 1 aromatic heterocycles. The largest absolute Gasteiger partial charge is 0.493 e. The number of nitriles is 2. The summed E-state index contributed by atoms with van der Waals surface area (Å²) < 4.78 is 22.1. The quantitative estimate of drug-likeness (QED) is 0.640. The van der Waals surface area contributed by atoms with Crippen molar-refractivity contribution in [3.05, 3.63) is 59.9 Å². The normalized spacial score (nSPS) is 9.71. The first kappa shape index (κ1) is 18.5. The summed E-state index contributed by atoms with van der Waals surface area (Å²) in [6.45, 7) is 0. The average molecular weight is 374 g/mol. The van der Waals surface area contributed by atoms with Crippen LogP contribution in [-0.4, -0.2) is 24.2 Å². The number of methoxy groups -OCH3 is 2. The van der Waals surface area contributed by atoms with Crippen LogP contribution in [0.2, 0.25) is 0 Å². The lowest BCUT2D eigenvalue weighted by Gasteiger charge is -2.14. The Morgan fingerprint density at radius 2 is 1.00 bits per heavy atom. The van der Waals surface area contributed by atoms with Gasteiger partial charge in [-0.15, -0.1) is 0 Å². The van der Waals surface area contributed by atoms with E-state index in [-0.39, 0.29) is 23.1 Å². The van der Waals surface area contributed by atoms with Crippen LogP contribution in [0.25, 0.3) is 0 Å². The molecule has 1 heterocycles. The molecule has 2 aromatic carbocycles. The topological polar surface area (TPSA) is 110 Å². The Labute approximate surface area is 161 Å². The van der Waals surface area contributed by atoms with Crippen molar-refractivity contribution in [2.24, 2.45) is 0 Å². The van der Waals surface area contributed by atoms with Crippen LogP contribution in [0.3, 0.4) is 0 Å². The summed E-state index contributed by atoms with van der Waals surface area (Å²) in [4.78, 5) is 8.19. The maximum atomic E-state index is 9.26. The van der Waals surface area contributed by atoms with Gasteiger partial charge < -0.3 is 18.9 Å². The van der Waals surface area contributed by atoms with Crippen LogP contribution in [0.5, 0.6) is 34.8 Å². The SMILES string of the molecule is COc1ccccc1Oc1nc(C#N)c(C#N)nc1Oc1ccccc1OC. The number of hydrogen-bond donors (Lipinski definition) is 0. The second kappa shape index (κ2) is 8.39. The summed E-state index contributed by atoms with van der Waals surface area (Å²) in [5, 5.41) is 18.5. The zero-order valence-electron chi connectivity index (χ0n) is 15.0. The second-order valence-electron chi connectivity index (χ2n) is 5.26. The minimum absolute atomic E-state index is 0.0917. The first-order valence-electron chi connectivity index (χ1n) is 8.04. The molecule has 28 heavy (non-hydrogen) atoms. The number of para-hydroxylation sites is 4. The molecule has 0 radical (unpaired) electrons. The monoisotopic (exact) mass is 374 g/mol. The summed E-state index contributed by atoms with van der Waals surface area (Å²) in [6.07, 6.45) is 0. The zero-order valence-corrected chi connectivity index (χ0v) is 15.0. The fraction of sp³-hybridized carbons (Fsp3) is 0.100. The molecule has 3 aromatic rings. The molecule has 0 unspecified atom stereocenters. The van der Waals surface area contributed by atoms with Gasteiger partial charge in [0.2, 0.25) is 0 Å². The zero-order chi connectivity index (χ0) is 19.9.